The van der Waals surface area contributed by atoms with Crippen molar-refractivity contribution in [2.45, 2.75) is 32.9 Å². The smallest absolute Gasteiger partial charge is 0.422 e. The summed E-state index contributed by atoms with van der Waals surface area (Å²) in [5.41, 5.74) is 5.78. The quantitative estimate of drug-likeness (QED) is 0.833. The van der Waals surface area contributed by atoms with E-state index in [-0.39, 0.29) is 0 Å². The number of halogens is 1. The number of nitrogens with one attached hydrogen (secondary N) is 2. The molecule has 0 heterocycles. The molecule has 0 radical (unpaired) electrons. The number of hydrogen-bond donors (Lipinski definition) is 2. The molecule has 19 heavy (non-hydrogen) atoms. The Morgan fingerprint density at radius 2 is 2.05 bits per heavy atom. The van der Waals surface area contributed by atoms with Crippen molar-refractivity contribution < 1.29 is 14.3 Å². The first-order valence-corrected chi connectivity index (χ1v) is 6.65. The zero-order valence-corrected chi connectivity index (χ0v) is 13.1. The van der Waals surface area contributed by atoms with Crippen LogP contribution in [0.1, 0.15) is 26.3 Å². The van der Waals surface area contributed by atoms with Gasteiger partial charge in [0.25, 0.3) is 0 Å². The molecule has 0 saturated heterocycles. The van der Waals surface area contributed by atoms with E-state index in [0.717, 1.165) is 15.8 Å². The van der Waals surface area contributed by atoms with Crippen LogP contribution in [0.4, 0.5) is 4.79 Å². The van der Waals surface area contributed by atoms with E-state index in [9.17, 15) is 4.79 Å². The summed E-state index contributed by atoms with van der Waals surface area (Å²) in [6, 6.07) is 5.69. The van der Waals surface area contributed by atoms with E-state index in [1.165, 1.54) is 0 Å². The van der Waals surface area contributed by atoms with E-state index in [1.54, 1.807) is 7.11 Å². The maximum Gasteiger partial charge on any atom is 0.422 e. The number of benzene rings is 1. The molecule has 0 saturated carbocycles. The maximum atomic E-state index is 11.4. The second kappa shape index (κ2) is 6.77. The summed E-state index contributed by atoms with van der Waals surface area (Å²) >= 11 is 3.40. The minimum Gasteiger partial charge on any atom is -0.496 e. The van der Waals surface area contributed by atoms with Crippen molar-refractivity contribution in [2.24, 2.45) is 0 Å². The Kier molecular flexibility index (Phi) is 5.62. The number of carbonyl (C=O) groups is 1. The Morgan fingerprint density at radius 3 is 2.58 bits per heavy atom. The van der Waals surface area contributed by atoms with E-state index >= 15 is 0 Å². The number of methoxy groups -OCH3 is 1. The molecule has 106 valence electrons. The van der Waals surface area contributed by atoms with Crippen molar-refractivity contribution in [2.75, 3.05) is 7.11 Å². The topological polar surface area (TPSA) is 59.6 Å². The van der Waals surface area contributed by atoms with Crippen molar-refractivity contribution in [3.8, 4) is 5.75 Å². The number of hydrogen-bond acceptors (Lipinski definition) is 4. The lowest BCUT2D eigenvalue weighted by molar-refractivity contribution is 0.0497. The van der Waals surface area contributed by atoms with Gasteiger partial charge in [-0.3, -0.25) is 5.43 Å². The standard InChI is InChI=1S/C13H19BrN2O3/c1-13(2,3)19-12(17)16-15-8-9-5-6-11(18-4)10(14)7-9/h5-7,15H,8H2,1-4H3,(H,16,17). The Labute approximate surface area is 121 Å². The van der Waals surface area contributed by atoms with Gasteiger partial charge in [0.2, 0.25) is 0 Å². The lowest BCUT2D eigenvalue weighted by Crippen LogP contribution is -2.40. The van der Waals surface area contributed by atoms with Gasteiger partial charge in [0.05, 0.1) is 11.6 Å². The monoisotopic (exact) mass is 330 g/mol. The number of amides is 1. The van der Waals surface area contributed by atoms with Gasteiger partial charge in [-0.05, 0) is 54.4 Å². The largest absolute Gasteiger partial charge is 0.496 e. The summed E-state index contributed by atoms with van der Waals surface area (Å²) in [7, 11) is 1.61. The highest BCUT2D eigenvalue weighted by atomic mass is 79.9. The van der Waals surface area contributed by atoms with Gasteiger partial charge in [-0.1, -0.05) is 6.07 Å². The SMILES string of the molecule is COc1ccc(CNNC(=O)OC(C)(C)C)cc1Br. The van der Waals surface area contributed by atoms with E-state index in [1.807, 2.05) is 39.0 Å². The van der Waals surface area contributed by atoms with Crippen LogP contribution in [0.3, 0.4) is 0 Å². The molecule has 0 aliphatic rings. The molecule has 0 fully saturated rings. The van der Waals surface area contributed by atoms with E-state index in [2.05, 4.69) is 26.8 Å². The Morgan fingerprint density at radius 1 is 1.37 bits per heavy atom. The molecule has 0 atom stereocenters. The summed E-state index contributed by atoms with van der Waals surface area (Å²) < 4.78 is 11.1. The highest BCUT2D eigenvalue weighted by Crippen LogP contribution is 2.25. The molecule has 1 rings (SSSR count). The Balaban J connectivity index is 2.41. The van der Waals surface area contributed by atoms with Crippen LogP contribution in [0.15, 0.2) is 22.7 Å². The summed E-state index contributed by atoms with van der Waals surface area (Å²) in [5, 5.41) is 0. The lowest BCUT2D eigenvalue weighted by Gasteiger charge is -2.19. The molecule has 0 unspecified atom stereocenters. The first kappa shape index (κ1) is 15.8. The fraction of sp³-hybridized carbons (Fsp3) is 0.462. The van der Waals surface area contributed by atoms with Crippen LogP contribution in [0.2, 0.25) is 0 Å². The number of rotatable bonds is 4. The predicted molar refractivity (Wildman–Crippen MR) is 76.9 cm³/mol. The average molecular weight is 331 g/mol. The molecular formula is C13H19BrN2O3. The van der Waals surface area contributed by atoms with Crippen LogP contribution in [-0.4, -0.2) is 18.8 Å². The average Bonchev–Trinajstić information content (AvgIpc) is 2.26. The zero-order valence-electron chi connectivity index (χ0n) is 11.5. The molecule has 0 aliphatic heterocycles. The molecular weight excluding hydrogens is 312 g/mol. The summed E-state index contributed by atoms with van der Waals surface area (Å²) in [5.74, 6) is 0.767. The van der Waals surface area contributed by atoms with Gasteiger partial charge in [0, 0.05) is 6.54 Å². The molecule has 1 amide bonds. The molecule has 1 aromatic carbocycles. The van der Waals surface area contributed by atoms with Crippen LogP contribution in [0.5, 0.6) is 5.75 Å². The maximum absolute atomic E-state index is 11.4. The van der Waals surface area contributed by atoms with E-state index in [4.69, 9.17) is 9.47 Å². The normalized spacial score (nSPS) is 11.0. The number of hydrazine groups is 1. The van der Waals surface area contributed by atoms with Crippen molar-refractivity contribution >= 4 is 22.0 Å². The van der Waals surface area contributed by atoms with Gasteiger partial charge in [-0.2, -0.15) is 0 Å². The third-order valence-electron chi connectivity index (χ3n) is 2.10. The fourth-order valence-corrected chi connectivity index (χ4v) is 1.93. The van der Waals surface area contributed by atoms with Gasteiger partial charge in [-0.25, -0.2) is 10.2 Å². The van der Waals surface area contributed by atoms with Gasteiger partial charge in [-0.15, -0.1) is 0 Å². The minimum absolute atomic E-state index is 0.488. The Bertz CT molecular complexity index is 444. The molecule has 0 bridgehead atoms. The highest BCUT2D eigenvalue weighted by molar-refractivity contribution is 9.10. The summed E-state index contributed by atoms with van der Waals surface area (Å²) in [6.45, 7) is 5.93. The molecule has 0 aromatic heterocycles. The first-order chi connectivity index (χ1) is 8.81. The summed E-state index contributed by atoms with van der Waals surface area (Å²) in [4.78, 5) is 11.4. The molecule has 2 N–H and O–H groups in total. The Hall–Kier alpha value is -1.27. The highest BCUT2D eigenvalue weighted by Gasteiger charge is 2.15. The number of ether oxygens (including phenoxy) is 2. The third kappa shape index (κ3) is 5.94. The molecule has 5 nitrogen and oxygen atoms in total. The van der Waals surface area contributed by atoms with Crippen molar-refractivity contribution in [1.82, 2.24) is 10.9 Å². The number of carbonyl (C=O) groups excluding carboxylic acids is 1. The van der Waals surface area contributed by atoms with Gasteiger partial charge in [0.15, 0.2) is 0 Å². The van der Waals surface area contributed by atoms with Crippen molar-refractivity contribution in [3.05, 3.63) is 28.2 Å². The molecule has 0 aliphatic carbocycles. The minimum atomic E-state index is -0.505. The van der Waals surface area contributed by atoms with Gasteiger partial charge in [0.1, 0.15) is 11.4 Å². The van der Waals surface area contributed by atoms with Crippen molar-refractivity contribution in [1.29, 1.82) is 0 Å². The molecule has 0 spiro atoms. The molecule has 1 aromatic rings. The first-order valence-electron chi connectivity index (χ1n) is 5.86. The van der Waals surface area contributed by atoms with E-state index in [0.29, 0.717) is 6.54 Å². The van der Waals surface area contributed by atoms with Crippen molar-refractivity contribution in [3.63, 3.8) is 0 Å². The third-order valence-corrected chi connectivity index (χ3v) is 2.72. The molecule has 6 heteroatoms. The summed E-state index contributed by atoms with van der Waals surface area (Å²) in [6.07, 6.45) is -0.500. The van der Waals surface area contributed by atoms with Gasteiger partial charge < -0.3 is 9.47 Å². The van der Waals surface area contributed by atoms with Crippen LogP contribution < -0.4 is 15.6 Å². The second-order valence-corrected chi connectivity index (χ2v) is 5.80. The predicted octanol–water partition coefficient (Wildman–Crippen LogP) is 2.99. The van der Waals surface area contributed by atoms with E-state index < -0.39 is 11.7 Å². The van der Waals surface area contributed by atoms with Crippen LogP contribution >= 0.6 is 15.9 Å². The second-order valence-electron chi connectivity index (χ2n) is 4.95. The zero-order chi connectivity index (χ0) is 14.5. The van der Waals surface area contributed by atoms with Gasteiger partial charge >= 0.3 is 6.09 Å². The lowest BCUT2D eigenvalue weighted by atomic mass is 10.2. The van der Waals surface area contributed by atoms with Crippen LogP contribution in [-0.2, 0) is 11.3 Å². The fourth-order valence-electron chi connectivity index (χ4n) is 1.34. The van der Waals surface area contributed by atoms with Crippen LogP contribution in [0, 0.1) is 0 Å². The van der Waals surface area contributed by atoms with Crippen LogP contribution in [0.25, 0.3) is 0 Å².